The molecule has 2 nitrogen and oxygen atoms in total. The van der Waals surface area contributed by atoms with Crippen LogP contribution in [-0.4, -0.2) is 11.1 Å². The van der Waals surface area contributed by atoms with Crippen LogP contribution in [0.4, 0.5) is 4.39 Å². The number of hydrogen-bond acceptors (Lipinski definition) is 1. The highest BCUT2D eigenvalue weighted by Gasteiger charge is 1.99. The zero-order valence-electron chi connectivity index (χ0n) is 9.35. The topological polar surface area (TPSA) is 37.3 Å². The van der Waals surface area contributed by atoms with Gasteiger partial charge in [0.05, 0.1) is 5.56 Å². The van der Waals surface area contributed by atoms with Gasteiger partial charge in [0.2, 0.25) is 0 Å². The monoisotopic (exact) mass is 240 g/mol. The lowest BCUT2D eigenvalue weighted by atomic mass is 10.1. The number of carboxylic acids is 1. The van der Waals surface area contributed by atoms with Gasteiger partial charge in [0, 0.05) is 11.1 Å². The highest BCUT2D eigenvalue weighted by Crippen LogP contribution is 2.04. The molecular formula is C15H9FO2. The van der Waals surface area contributed by atoms with Crippen LogP contribution in [-0.2, 0) is 0 Å². The van der Waals surface area contributed by atoms with Gasteiger partial charge < -0.3 is 5.11 Å². The smallest absolute Gasteiger partial charge is 0.335 e. The van der Waals surface area contributed by atoms with Gasteiger partial charge in [0.25, 0.3) is 0 Å². The lowest BCUT2D eigenvalue weighted by Crippen LogP contribution is -1.94. The van der Waals surface area contributed by atoms with E-state index in [-0.39, 0.29) is 11.4 Å². The molecule has 0 amide bonds. The van der Waals surface area contributed by atoms with Crippen molar-refractivity contribution in [1.82, 2.24) is 0 Å². The summed E-state index contributed by atoms with van der Waals surface area (Å²) >= 11 is 0. The number of rotatable bonds is 1. The number of benzene rings is 2. The van der Waals surface area contributed by atoms with Crippen LogP contribution in [0.1, 0.15) is 21.5 Å². The van der Waals surface area contributed by atoms with Crippen molar-refractivity contribution in [2.24, 2.45) is 0 Å². The van der Waals surface area contributed by atoms with Crippen LogP contribution in [0.2, 0.25) is 0 Å². The first-order chi connectivity index (χ1) is 8.65. The van der Waals surface area contributed by atoms with E-state index in [0.717, 1.165) is 0 Å². The van der Waals surface area contributed by atoms with Crippen LogP contribution in [0.5, 0.6) is 0 Å². The molecule has 18 heavy (non-hydrogen) atoms. The first-order valence-electron chi connectivity index (χ1n) is 5.26. The van der Waals surface area contributed by atoms with E-state index < -0.39 is 5.97 Å². The Balaban J connectivity index is 2.19. The summed E-state index contributed by atoms with van der Waals surface area (Å²) in [5.41, 5.74) is 1.64. The molecule has 0 saturated heterocycles. The molecule has 0 fully saturated rings. The highest BCUT2D eigenvalue weighted by molar-refractivity contribution is 5.87. The number of halogens is 1. The first-order valence-corrected chi connectivity index (χ1v) is 5.26. The molecular weight excluding hydrogens is 231 g/mol. The van der Waals surface area contributed by atoms with Crippen molar-refractivity contribution in [2.45, 2.75) is 0 Å². The molecule has 3 heteroatoms. The van der Waals surface area contributed by atoms with Gasteiger partial charge in [-0.15, -0.1) is 0 Å². The van der Waals surface area contributed by atoms with Gasteiger partial charge in [-0.05, 0) is 48.5 Å². The van der Waals surface area contributed by atoms with Crippen molar-refractivity contribution in [2.75, 3.05) is 0 Å². The van der Waals surface area contributed by atoms with Crippen LogP contribution >= 0.6 is 0 Å². The van der Waals surface area contributed by atoms with Gasteiger partial charge in [-0.2, -0.15) is 0 Å². The van der Waals surface area contributed by atoms with Gasteiger partial charge in [-0.25, -0.2) is 9.18 Å². The lowest BCUT2D eigenvalue weighted by Gasteiger charge is -1.94. The third-order valence-electron chi connectivity index (χ3n) is 2.33. The van der Waals surface area contributed by atoms with E-state index in [1.165, 1.54) is 24.3 Å². The van der Waals surface area contributed by atoms with Crippen LogP contribution in [0.3, 0.4) is 0 Å². The molecule has 2 aromatic rings. The van der Waals surface area contributed by atoms with Crippen LogP contribution in [0, 0.1) is 17.7 Å². The third-order valence-corrected chi connectivity index (χ3v) is 2.33. The molecule has 0 radical (unpaired) electrons. The molecule has 0 aliphatic rings. The standard InChI is InChI=1S/C15H9FO2/c16-14-9-5-12(6-10-14)2-1-11-3-7-13(8-4-11)15(17)18/h3-10H,(H,17,18). The number of carbonyl (C=O) groups is 1. The third kappa shape index (κ3) is 2.96. The van der Waals surface area contributed by atoms with Gasteiger partial charge in [-0.3, -0.25) is 0 Å². The van der Waals surface area contributed by atoms with Gasteiger partial charge in [0.15, 0.2) is 0 Å². The van der Waals surface area contributed by atoms with E-state index in [2.05, 4.69) is 11.8 Å². The van der Waals surface area contributed by atoms with Gasteiger partial charge in [0.1, 0.15) is 5.82 Å². The Morgan fingerprint density at radius 2 is 1.33 bits per heavy atom. The second-order valence-corrected chi connectivity index (χ2v) is 3.64. The molecule has 0 heterocycles. The van der Waals surface area contributed by atoms with E-state index in [1.54, 1.807) is 24.3 Å². The summed E-state index contributed by atoms with van der Waals surface area (Å²) in [6.07, 6.45) is 0. The van der Waals surface area contributed by atoms with Crippen molar-refractivity contribution in [3.63, 3.8) is 0 Å². The average Bonchev–Trinajstić information content (AvgIpc) is 2.38. The Bertz CT molecular complexity index is 616. The van der Waals surface area contributed by atoms with Crippen molar-refractivity contribution in [1.29, 1.82) is 0 Å². The Morgan fingerprint density at radius 1 is 0.889 bits per heavy atom. The normalized spacial score (nSPS) is 9.39. The Hall–Kier alpha value is -2.60. The molecule has 88 valence electrons. The summed E-state index contributed by atoms with van der Waals surface area (Å²) < 4.78 is 12.7. The number of hydrogen-bond donors (Lipinski definition) is 1. The second-order valence-electron chi connectivity index (χ2n) is 3.64. The van der Waals surface area contributed by atoms with Crippen LogP contribution in [0.15, 0.2) is 48.5 Å². The second kappa shape index (κ2) is 5.15. The Labute approximate surface area is 104 Å². The molecule has 0 bridgehead atoms. The average molecular weight is 240 g/mol. The van der Waals surface area contributed by atoms with E-state index in [1.807, 2.05) is 0 Å². The molecule has 0 atom stereocenters. The van der Waals surface area contributed by atoms with E-state index in [9.17, 15) is 9.18 Å². The summed E-state index contributed by atoms with van der Waals surface area (Å²) in [6.45, 7) is 0. The van der Waals surface area contributed by atoms with Crippen molar-refractivity contribution < 1.29 is 14.3 Å². The van der Waals surface area contributed by atoms with Crippen molar-refractivity contribution in [3.8, 4) is 11.8 Å². The molecule has 0 aliphatic heterocycles. The highest BCUT2D eigenvalue weighted by atomic mass is 19.1. The van der Waals surface area contributed by atoms with Crippen LogP contribution in [0.25, 0.3) is 0 Å². The quantitative estimate of drug-likeness (QED) is 0.778. The minimum Gasteiger partial charge on any atom is -0.478 e. The summed E-state index contributed by atoms with van der Waals surface area (Å²) in [4.78, 5) is 10.7. The maximum absolute atomic E-state index is 12.7. The number of aromatic carboxylic acids is 1. The summed E-state index contributed by atoms with van der Waals surface area (Å²) in [5, 5.41) is 8.74. The maximum atomic E-state index is 12.7. The van der Waals surface area contributed by atoms with Crippen molar-refractivity contribution in [3.05, 3.63) is 71.0 Å². The molecule has 0 aliphatic carbocycles. The van der Waals surface area contributed by atoms with Gasteiger partial charge >= 0.3 is 5.97 Å². The van der Waals surface area contributed by atoms with E-state index in [4.69, 9.17) is 5.11 Å². The summed E-state index contributed by atoms with van der Waals surface area (Å²) in [7, 11) is 0. The molecule has 0 spiro atoms. The molecule has 0 unspecified atom stereocenters. The maximum Gasteiger partial charge on any atom is 0.335 e. The Morgan fingerprint density at radius 3 is 1.78 bits per heavy atom. The lowest BCUT2D eigenvalue weighted by molar-refractivity contribution is 0.0697. The zero-order chi connectivity index (χ0) is 13.0. The number of carboxylic acid groups (broad SMARTS) is 1. The fraction of sp³-hybridized carbons (Fsp3) is 0. The largest absolute Gasteiger partial charge is 0.478 e. The fourth-order valence-corrected chi connectivity index (χ4v) is 1.37. The predicted molar refractivity (Wildman–Crippen MR) is 65.8 cm³/mol. The SMILES string of the molecule is O=C(O)c1ccc(C#Cc2ccc(F)cc2)cc1. The van der Waals surface area contributed by atoms with E-state index >= 15 is 0 Å². The molecule has 2 rings (SSSR count). The minimum absolute atomic E-state index is 0.224. The minimum atomic E-state index is -0.965. The molecule has 0 saturated carbocycles. The summed E-state index contributed by atoms with van der Waals surface area (Å²) in [6, 6.07) is 12.1. The fourth-order valence-electron chi connectivity index (χ4n) is 1.37. The Kier molecular flexibility index (Phi) is 3.40. The molecule has 1 N–H and O–H groups in total. The van der Waals surface area contributed by atoms with Crippen LogP contribution < -0.4 is 0 Å². The predicted octanol–water partition coefficient (Wildman–Crippen LogP) is 2.92. The molecule has 2 aromatic carbocycles. The summed E-state index contributed by atoms with van der Waals surface area (Å²) in [5.74, 6) is 4.49. The molecule has 0 aromatic heterocycles. The van der Waals surface area contributed by atoms with E-state index in [0.29, 0.717) is 11.1 Å². The zero-order valence-corrected chi connectivity index (χ0v) is 9.35. The first kappa shape index (κ1) is 11.9. The van der Waals surface area contributed by atoms with Crippen molar-refractivity contribution >= 4 is 5.97 Å². The van der Waals surface area contributed by atoms with Gasteiger partial charge in [-0.1, -0.05) is 11.8 Å².